The number of sulfone groups is 1. The summed E-state index contributed by atoms with van der Waals surface area (Å²) in [7, 11) is -1.23. The summed E-state index contributed by atoms with van der Waals surface area (Å²) in [6.07, 6.45) is 3.49. The van der Waals surface area contributed by atoms with E-state index in [9.17, 15) is 8.42 Å². The van der Waals surface area contributed by atoms with Gasteiger partial charge in [-0.2, -0.15) is 0 Å². The van der Waals surface area contributed by atoms with Crippen LogP contribution in [0.5, 0.6) is 0 Å². The molecule has 0 aliphatic carbocycles. The van der Waals surface area contributed by atoms with Crippen molar-refractivity contribution in [1.29, 1.82) is 0 Å². The summed E-state index contributed by atoms with van der Waals surface area (Å²) in [6.45, 7) is 5.58. The molecule has 0 saturated heterocycles. The minimum absolute atomic E-state index is 0. The SMILES string of the molecule is CCC(CC)CNC(=NC)NCCS(C)(=O)=O.I. The van der Waals surface area contributed by atoms with Crippen molar-refractivity contribution in [3.63, 3.8) is 0 Å². The van der Waals surface area contributed by atoms with Gasteiger partial charge in [-0.15, -0.1) is 24.0 Å². The fourth-order valence-electron chi connectivity index (χ4n) is 1.39. The molecule has 0 aromatic carbocycles. The van der Waals surface area contributed by atoms with Crippen LogP contribution < -0.4 is 10.6 Å². The third-order valence-electron chi connectivity index (χ3n) is 2.70. The van der Waals surface area contributed by atoms with Crippen molar-refractivity contribution in [2.24, 2.45) is 10.9 Å². The zero-order valence-corrected chi connectivity index (χ0v) is 14.8. The molecule has 110 valence electrons. The predicted octanol–water partition coefficient (Wildman–Crippen LogP) is 1.25. The zero-order chi connectivity index (χ0) is 13.3. The van der Waals surface area contributed by atoms with Gasteiger partial charge in [0.2, 0.25) is 0 Å². The Bertz CT molecular complexity index is 327. The topological polar surface area (TPSA) is 70.6 Å². The zero-order valence-electron chi connectivity index (χ0n) is 11.7. The highest BCUT2D eigenvalue weighted by Gasteiger charge is 2.06. The second-order valence-corrected chi connectivity index (χ2v) is 6.45. The second kappa shape index (κ2) is 10.8. The molecule has 0 aromatic heterocycles. The molecule has 0 spiro atoms. The molecule has 7 heteroatoms. The Morgan fingerprint density at radius 2 is 1.78 bits per heavy atom. The number of hydrogen-bond acceptors (Lipinski definition) is 3. The van der Waals surface area contributed by atoms with E-state index in [1.165, 1.54) is 6.26 Å². The summed E-state index contributed by atoms with van der Waals surface area (Å²) in [5, 5.41) is 6.19. The van der Waals surface area contributed by atoms with Gasteiger partial charge in [0.1, 0.15) is 9.84 Å². The minimum atomic E-state index is -2.91. The van der Waals surface area contributed by atoms with Crippen LogP contribution in [0, 0.1) is 5.92 Å². The lowest BCUT2D eigenvalue weighted by Gasteiger charge is -2.16. The monoisotopic (exact) mass is 391 g/mol. The number of rotatable bonds is 7. The smallest absolute Gasteiger partial charge is 0.191 e. The Hall–Kier alpha value is -0.0500. The van der Waals surface area contributed by atoms with E-state index >= 15 is 0 Å². The van der Waals surface area contributed by atoms with Crippen molar-refractivity contribution in [2.75, 3.05) is 32.1 Å². The van der Waals surface area contributed by atoms with Crippen molar-refractivity contribution < 1.29 is 8.42 Å². The summed E-state index contributed by atoms with van der Waals surface area (Å²) in [5.74, 6) is 1.42. The summed E-state index contributed by atoms with van der Waals surface area (Å²) in [4.78, 5) is 4.05. The third kappa shape index (κ3) is 11.1. The summed E-state index contributed by atoms with van der Waals surface area (Å²) < 4.78 is 21.9. The molecule has 0 radical (unpaired) electrons. The maximum Gasteiger partial charge on any atom is 0.191 e. The molecular formula is C11H26IN3O2S. The summed E-state index contributed by atoms with van der Waals surface area (Å²) in [5.41, 5.74) is 0. The normalized spacial score (nSPS) is 12.2. The largest absolute Gasteiger partial charge is 0.356 e. The van der Waals surface area contributed by atoms with E-state index < -0.39 is 9.84 Å². The quantitative estimate of drug-likeness (QED) is 0.389. The van der Waals surface area contributed by atoms with Crippen LogP contribution in [-0.2, 0) is 9.84 Å². The van der Waals surface area contributed by atoms with E-state index in [0.717, 1.165) is 19.4 Å². The van der Waals surface area contributed by atoms with E-state index in [2.05, 4.69) is 29.5 Å². The van der Waals surface area contributed by atoms with Crippen LogP contribution in [0.4, 0.5) is 0 Å². The molecular weight excluding hydrogens is 365 g/mol. The first-order chi connectivity index (χ1) is 7.92. The van der Waals surface area contributed by atoms with Crippen LogP contribution in [0.15, 0.2) is 4.99 Å². The molecule has 0 heterocycles. The standard InChI is InChI=1S/C11H25N3O2S.HI/c1-5-10(6-2)9-14-11(12-3)13-7-8-17(4,15)16;/h10H,5-9H2,1-4H3,(H2,12,13,14);1H. The molecule has 0 amide bonds. The molecule has 0 fully saturated rings. The Labute approximate surface area is 128 Å². The molecule has 0 atom stereocenters. The summed E-state index contributed by atoms with van der Waals surface area (Å²) >= 11 is 0. The number of nitrogens with zero attached hydrogens (tertiary/aromatic N) is 1. The van der Waals surface area contributed by atoms with E-state index in [1.807, 2.05) is 0 Å². The van der Waals surface area contributed by atoms with Gasteiger partial charge in [0.15, 0.2) is 5.96 Å². The Kier molecular flexibility index (Phi) is 12.2. The first kappa shape index (κ1) is 20.3. The molecule has 0 aliphatic rings. The van der Waals surface area contributed by atoms with Gasteiger partial charge in [-0.05, 0) is 5.92 Å². The Morgan fingerprint density at radius 1 is 1.22 bits per heavy atom. The molecule has 2 N–H and O–H groups in total. The Morgan fingerprint density at radius 3 is 2.17 bits per heavy atom. The minimum Gasteiger partial charge on any atom is -0.356 e. The lowest BCUT2D eigenvalue weighted by molar-refractivity contribution is 0.481. The van der Waals surface area contributed by atoms with Crippen LogP contribution in [0.2, 0.25) is 0 Å². The number of hydrogen-bond donors (Lipinski definition) is 2. The number of guanidine groups is 1. The van der Waals surface area contributed by atoms with Crippen LogP contribution in [0.3, 0.4) is 0 Å². The molecule has 0 rings (SSSR count). The molecule has 0 unspecified atom stereocenters. The van der Waals surface area contributed by atoms with Crippen LogP contribution in [-0.4, -0.2) is 46.5 Å². The average molecular weight is 391 g/mol. The van der Waals surface area contributed by atoms with Crippen molar-refractivity contribution >= 4 is 39.8 Å². The van der Waals surface area contributed by atoms with Gasteiger partial charge >= 0.3 is 0 Å². The van der Waals surface area contributed by atoms with Gasteiger partial charge < -0.3 is 10.6 Å². The van der Waals surface area contributed by atoms with E-state index in [-0.39, 0.29) is 29.7 Å². The highest BCUT2D eigenvalue weighted by atomic mass is 127. The van der Waals surface area contributed by atoms with Crippen molar-refractivity contribution in [1.82, 2.24) is 10.6 Å². The molecule has 5 nitrogen and oxygen atoms in total. The maximum atomic E-state index is 11.0. The molecule has 18 heavy (non-hydrogen) atoms. The lowest BCUT2D eigenvalue weighted by Crippen LogP contribution is -2.41. The lowest BCUT2D eigenvalue weighted by atomic mass is 10.0. The van der Waals surface area contributed by atoms with Crippen LogP contribution >= 0.6 is 24.0 Å². The fourth-order valence-corrected chi connectivity index (χ4v) is 1.87. The third-order valence-corrected chi connectivity index (χ3v) is 3.65. The van der Waals surface area contributed by atoms with Crippen LogP contribution in [0.25, 0.3) is 0 Å². The molecule has 0 aliphatic heterocycles. The molecule has 0 aromatic rings. The fraction of sp³-hybridized carbons (Fsp3) is 0.909. The van der Waals surface area contributed by atoms with Crippen molar-refractivity contribution in [3.05, 3.63) is 0 Å². The van der Waals surface area contributed by atoms with Crippen LogP contribution in [0.1, 0.15) is 26.7 Å². The van der Waals surface area contributed by atoms with Gasteiger partial charge in [-0.25, -0.2) is 8.42 Å². The first-order valence-corrected chi connectivity index (χ1v) is 8.11. The average Bonchev–Trinajstić information content (AvgIpc) is 2.26. The second-order valence-electron chi connectivity index (χ2n) is 4.19. The van der Waals surface area contributed by atoms with Gasteiger partial charge in [-0.3, -0.25) is 4.99 Å². The number of halogens is 1. The van der Waals surface area contributed by atoms with Gasteiger partial charge in [0.05, 0.1) is 5.75 Å². The highest BCUT2D eigenvalue weighted by Crippen LogP contribution is 2.04. The van der Waals surface area contributed by atoms with E-state index in [4.69, 9.17) is 0 Å². The molecule has 0 saturated carbocycles. The molecule has 0 bridgehead atoms. The first-order valence-electron chi connectivity index (χ1n) is 6.05. The van der Waals surface area contributed by atoms with E-state index in [0.29, 0.717) is 18.4 Å². The van der Waals surface area contributed by atoms with Gasteiger partial charge in [0, 0.05) is 26.4 Å². The van der Waals surface area contributed by atoms with Gasteiger partial charge in [-0.1, -0.05) is 26.7 Å². The van der Waals surface area contributed by atoms with E-state index in [1.54, 1.807) is 7.05 Å². The summed E-state index contributed by atoms with van der Waals surface area (Å²) in [6, 6.07) is 0. The Balaban J connectivity index is 0. The number of aliphatic imine (C=N–C) groups is 1. The highest BCUT2D eigenvalue weighted by molar-refractivity contribution is 14.0. The van der Waals surface area contributed by atoms with Gasteiger partial charge in [0.25, 0.3) is 0 Å². The number of nitrogens with one attached hydrogen (secondary N) is 2. The maximum absolute atomic E-state index is 11.0. The van der Waals surface area contributed by atoms with Crippen molar-refractivity contribution in [2.45, 2.75) is 26.7 Å². The predicted molar refractivity (Wildman–Crippen MR) is 88.6 cm³/mol. The van der Waals surface area contributed by atoms with Crippen molar-refractivity contribution in [3.8, 4) is 0 Å².